The molecule has 4 N–H and O–H groups in total. The second kappa shape index (κ2) is 11.8. The number of aromatic nitrogens is 5. The Morgan fingerprint density at radius 1 is 0.975 bits per heavy atom. The SMILES string of the molecule is CN(C)CS(=O)(=O)NC(Cc1c[nH]c2ccccc12)C(=O)NCc1ccc(-c2ccccc2-c2nn[nH]n2)cc1. The number of fused-ring (bicyclic) bond motifs is 1. The van der Waals surface area contributed by atoms with Crippen molar-refractivity contribution < 1.29 is 13.2 Å². The number of hydrogen-bond acceptors (Lipinski definition) is 7. The second-order valence-corrected chi connectivity index (χ2v) is 11.5. The fourth-order valence-corrected chi connectivity index (χ4v) is 6.00. The highest BCUT2D eigenvalue weighted by molar-refractivity contribution is 7.89. The van der Waals surface area contributed by atoms with E-state index in [1.807, 2.05) is 79.0 Å². The topological polar surface area (TPSA) is 149 Å². The monoisotopic (exact) mass is 558 g/mol. The van der Waals surface area contributed by atoms with Crippen LogP contribution in [-0.4, -0.2) is 70.8 Å². The van der Waals surface area contributed by atoms with Crippen LogP contribution in [0.2, 0.25) is 0 Å². The maximum Gasteiger partial charge on any atom is 0.238 e. The lowest BCUT2D eigenvalue weighted by Gasteiger charge is -2.20. The number of amides is 1. The van der Waals surface area contributed by atoms with Crippen LogP contribution in [0.15, 0.2) is 79.0 Å². The Bertz CT molecular complexity index is 1700. The molecule has 206 valence electrons. The van der Waals surface area contributed by atoms with Crippen LogP contribution in [0.4, 0.5) is 0 Å². The van der Waals surface area contributed by atoms with Gasteiger partial charge in [-0.2, -0.15) is 5.21 Å². The molecule has 11 nitrogen and oxygen atoms in total. The largest absolute Gasteiger partial charge is 0.361 e. The summed E-state index contributed by atoms with van der Waals surface area (Å²) in [6, 6.07) is 22.3. The Morgan fingerprint density at radius 3 is 2.42 bits per heavy atom. The van der Waals surface area contributed by atoms with Crippen molar-refractivity contribution in [1.29, 1.82) is 0 Å². The normalized spacial score (nSPS) is 12.6. The number of tetrazole rings is 1. The van der Waals surface area contributed by atoms with Crippen LogP contribution in [0, 0.1) is 0 Å². The molecule has 2 aromatic heterocycles. The smallest absolute Gasteiger partial charge is 0.238 e. The van der Waals surface area contributed by atoms with Crippen LogP contribution in [0.3, 0.4) is 0 Å². The molecule has 1 atom stereocenters. The van der Waals surface area contributed by atoms with Crippen LogP contribution in [0.5, 0.6) is 0 Å². The molecule has 5 aromatic rings. The van der Waals surface area contributed by atoms with Gasteiger partial charge in [-0.15, -0.1) is 10.2 Å². The molecule has 0 saturated carbocycles. The number of nitrogens with one attached hydrogen (secondary N) is 4. The first kappa shape index (κ1) is 27.2. The van der Waals surface area contributed by atoms with Gasteiger partial charge in [-0.05, 0) is 54.0 Å². The number of hydrogen-bond donors (Lipinski definition) is 4. The third kappa shape index (κ3) is 6.42. The summed E-state index contributed by atoms with van der Waals surface area (Å²) in [6.07, 6.45) is 2.02. The van der Waals surface area contributed by atoms with Crippen LogP contribution < -0.4 is 10.0 Å². The Kier molecular flexibility index (Phi) is 8.01. The molecule has 0 fully saturated rings. The molecule has 0 saturated heterocycles. The number of carbonyl (C=O) groups is 1. The zero-order valence-corrected chi connectivity index (χ0v) is 22.9. The van der Waals surface area contributed by atoms with Crippen molar-refractivity contribution in [2.75, 3.05) is 20.0 Å². The molecule has 40 heavy (non-hydrogen) atoms. The van der Waals surface area contributed by atoms with E-state index in [9.17, 15) is 13.2 Å². The van der Waals surface area contributed by atoms with Gasteiger partial charge >= 0.3 is 0 Å². The molecule has 2 heterocycles. The first-order valence-corrected chi connectivity index (χ1v) is 14.3. The Morgan fingerprint density at radius 2 is 1.70 bits per heavy atom. The summed E-state index contributed by atoms with van der Waals surface area (Å²) in [5, 5.41) is 18.2. The standard InChI is InChI=1S/C28H30N8O3S/c1-36(2)18-40(38,39)33-26(15-21-17-29-25-10-6-5-8-23(21)25)28(37)30-16-19-11-13-20(14-12-19)22-7-3-4-9-24(22)27-31-34-35-32-27/h3-14,17,26,29,33H,15-16,18H2,1-2H3,(H,30,37)(H,31,32,34,35). The van der Waals surface area contributed by atoms with E-state index >= 15 is 0 Å². The highest BCUT2D eigenvalue weighted by Crippen LogP contribution is 2.29. The van der Waals surface area contributed by atoms with E-state index in [0.717, 1.165) is 38.7 Å². The van der Waals surface area contributed by atoms with E-state index < -0.39 is 22.0 Å². The van der Waals surface area contributed by atoms with E-state index in [0.29, 0.717) is 5.82 Å². The summed E-state index contributed by atoms with van der Waals surface area (Å²) in [4.78, 5) is 18.1. The van der Waals surface area contributed by atoms with Crippen LogP contribution in [0.1, 0.15) is 11.1 Å². The zero-order chi connectivity index (χ0) is 28.1. The predicted octanol–water partition coefficient (Wildman–Crippen LogP) is 2.68. The maximum absolute atomic E-state index is 13.3. The summed E-state index contributed by atoms with van der Waals surface area (Å²) in [5.74, 6) is -0.124. The summed E-state index contributed by atoms with van der Waals surface area (Å²) in [5.41, 5.74) is 5.41. The number of carbonyl (C=O) groups excluding carboxylic acids is 1. The summed E-state index contributed by atoms with van der Waals surface area (Å²) < 4.78 is 28.1. The van der Waals surface area contributed by atoms with E-state index in [2.05, 4.69) is 35.6 Å². The van der Waals surface area contributed by atoms with Gasteiger partial charge in [-0.25, -0.2) is 13.1 Å². The second-order valence-electron chi connectivity index (χ2n) is 9.75. The fourth-order valence-electron chi connectivity index (χ4n) is 4.62. The summed E-state index contributed by atoms with van der Waals surface area (Å²) in [6.45, 7) is 0.241. The molecule has 0 bridgehead atoms. The molecule has 1 unspecified atom stereocenters. The Labute approximate surface area is 232 Å². The minimum Gasteiger partial charge on any atom is -0.361 e. The van der Waals surface area contributed by atoms with Crippen molar-refractivity contribution in [2.45, 2.75) is 19.0 Å². The quantitative estimate of drug-likeness (QED) is 0.195. The van der Waals surface area contributed by atoms with Crippen molar-refractivity contribution in [3.05, 3.63) is 90.1 Å². The zero-order valence-electron chi connectivity index (χ0n) is 22.1. The molecule has 0 radical (unpaired) electrons. The van der Waals surface area contributed by atoms with Crippen molar-refractivity contribution in [1.82, 2.24) is 40.5 Å². The average molecular weight is 559 g/mol. The van der Waals surface area contributed by atoms with E-state index in [4.69, 9.17) is 0 Å². The number of rotatable bonds is 11. The molecule has 0 aliphatic rings. The number of nitrogens with zero attached hydrogens (tertiary/aromatic N) is 4. The third-order valence-electron chi connectivity index (χ3n) is 6.41. The van der Waals surface area contributed by atoms with Gasteiger partial charge in [-0.3, -0.25) is 9.69 Å². The minimum absolute atomic E-state index is 0.203. The highest BCUT2D eigenvalue weighted by atomic mass is 32.2. The van der Waals surface area contributed by atoms with E-state index in [1.54, 1.807) is 19.0 Å². The van der Waals surface area contributed by atoms with Crippen molar-refractivity contribution >= 4 is 26.8 Å². The van der Waals surface area contributed by atoms with Crippen LogP contribution in [-0.2, 0) is 27.8 Å². The number of para-hydroxylation sites is 1. The fraction of sp³-hybridized carbons (Fsp3) is 0.214. The van der Waals surface area contributed by atoms with Crippen molar-refractivity contribution in [3.63, 3.8) is 0 Å². The van der Waals surface area contributed by atoms with Crippen molar-refractivity contribution in [2.24, 2.45) is 0 Å². The predicted molar refractivity (Wildman–Crippen MR) is 153 cm³/mol. The van der Waals surface area contributed by atoms with Crippen LogP contribution in [0.25, 0.3) is 33.4 Å². The maximum atomic E-state index is 13.3. The minimum atomic E-state index is -3.74. The van der Waals surface area contributed by atoms with E-state index in [1.165, 1.54) is 0 Å². The van der Waals surface area contributed by atoms with Crippen molar-refractivity contribution in [3.8, 4) is 22.5 Å². The van der Waals surface area contributed by atoms with Gasteiger partial charge in [0.15, 0.2) is 0 Å². The Hall–Kier alpha value is -4.39. The third-order valence-corrected chi connectivity index (χ3v) is 7.91. The molecular weight excluding hydrogens is 528 g/mol. The number of H-pyrrole nitrogens is 2. The number of benzene rings is 3. The molecule has 0 aliphatic carbocycles. The first-order valence-electron chi connectivity index (χ1n) is 12.7. The molecule has 5 rings (SSSR count). The summed E-state index contributed by atoms with van der Waals surface area (Å²) in [7, 11) is -0.406. The molecule has 0 aliphatic heterocycles. The Balaban J connectivity index is 1.31. The van der Waals surface area contributed by atoms with Gasteiger partial charge in [-0.1, -0.05) is 66.7 Å². The number of sulfonamides is 1. The first-order chi connectivity index (χ1) is 19.3. The molecule has 3 aromatic carbocycles. The molecule has 12 heteroatoms. The average Bonchev–Trinajstić information content (AvgIpc) is 3.62. The van der Waals surface area contributed by atoms with Gasteiger partial charge < -0.3 is 10.3 Å². The lowest BCUT2D eigenvalue weighted by atomic mass is 9.98. The van der Waals surface area contributed by atoms with Gasteiger partial charge in [0.2, 0.25) is 21.8 Å². The van der Waals surface area contributed by atoms with Crippen LogP contribution >= 0.6 is 0 Å². The molecular formula is C28H30N8O3S. The number of aromatic amines is 2. The molecule has 1 amide bonds. The summed E-state index contributed by atoms with van der Waals surface area (Å²) >= 11 is 0. The van der Waals surface area contributed by atoms with Gasteiger partial charge in [0.25, 0.3) is 0 Å². The van der Waals surface area contributed by atoms with Gasteiger partial charge in [0.05, 0.1) is 0 Å². The lowest BCUT2D eigenvalue weighted by Crippen LogP contribution is -2.49. The lowest BCUT2D eigenvalue weighted by molar-refractivity contribution is -0.122. The van der Waals surface area contributed by atoms with Gasteiger partial charge in [0, 0.05) is 29.2 Å². The van der Waals surface area contributed by atoms with Gasteiger partial charge in [0.1, 0.15) is 11.9 Å². The van der Waals surface area contributed by atoms with E-state index in [-0.39, 0.29) is 18.8 Å². The highest BCUT2D eigenvalue weighted by Gasteiger charge is 2.26. The molecule has 0 spiro atoms.